The summed E-state index contributed by atoms with van der Waals surface area (Å²) in [4.78, 5) is 0. The molecule has 73 valence electrons. The molecule has 0 aromatic heterocycles. The Hall–Kier alpha value is -0.0151. The fourth-order valence-corrected chi connectivity index (χ4v) is 2.10. The first kappa shape index (κ1) is 9.54. The largest absolute Gasteiger partial charge is 0.373 e. The first-order chi connectivity index (χ1) is 5.92. The Morgan fingerprint density at radius 3 is 1.46 bits per heavy atom. The highest BCUT2D eigenvalue weighted by molar-refractivity contribution is 6.44. The fraction of sp³-hybridized carbons (Fsp3) is 1.00. The quantitative estimate of drug-likeness (QED) is 0.488. The first-order valence-corrected chi connectivity index (χ1v) is 5.02. The van der Waals surface area contributed by atoms with Crippen molar-refractivity contribution in [2.24, 2.45) is 0 Å². The average molecular weight is 181 g/mol. The van der Waals surface area contributed by atoms with Gasteiger partial charge in [-0.2, -0.15) is 0 Å². The van der Waals surface area contributed by atoms with Crippen molar-refractivity contribution in [3.63, 3.8) is 0 Å². The lowest BCUT2D eigenvalue weighted by atomic mass is 9.39. The Kier molecular flexibility index (Phi) is 2.01. The van der Waals surface area contributed by atoms with Crippen LogP contribution in [-0.4, -0.2) is 32.7 Å². The van der Waals surface area contributed by atoms with Gasteiger partial charge in [0, 0.05) is 0 Å². The van der Waals surface area contributed by atoms with Gasteiger partial charge in [0.25, 0.3) is 0 Å². The normalized spacial score (nSPS) is 32.9. The predicted octanol–water partition coefficient (Wildman–Crippen LogP) is 1.89. The summed E-state index contributed by atoms with van der Waals surface area (Å²) < 4.78 is 10.7. The molecule has 0 saturated carbocycles. The summed E-state index contributed by atoms with van der Waals surface area (Å²) in [5.74, 6) is 0. The average Bonchev–Trinajstić information content (AvgIpc) is 2.81. The number of hydrogen-bond acceptors (Lipinski definition) is 2. The van der Waals surface area contributed by atoms with Crippen LogP contribution in [-0.2, 0) is 9.47 Å². The Morgan fingerprint density at radius 1 is 0.923 bits per heavy atom. The van der Waals surface area contributed by atoms with Gasteiger partial charge in [-0.25, -0.2) is 0 Å². The summed E-state index contributed by atoms with van der Waals surface area (Å²) in [5, 5.41) is 0.380. The second-order valence-electron chi connectivity index (χ2n) is 5.43. The van der Waals surface area contributed by atoms with E-state index >= 15 is 0 Å². The second-order valence-corrected chi connectivity index (χ2v) is 5.43. The molecule has 0 aliphatic carbocycles. The van der Waals surface area contributed by atoms with E-state index in [1.54, 1.807) is 0 Å². The molecule has 2 unspecified atom stereocenters. The lowest BCUT2D eigenvalue weighted by Crippen LogP contribution is -2.31. The van der Waals surface area contributed by atoms with E-state index < -0.39 is 0 Å². The molecule has 2 aliphatic heterocycles. The number of ether oxygens (including phenoxy) is 2. The van der Waals surface area contributed by atoms with Crippen LogP contribution in [0.5, 0.6) is 0 Å². The smallest absolute Gasteiger partial charge is 0.131 e. The maximum atomic E-state index is 5.35. The zero-order valence-corrected chi connectivity index (χ0v) is 8.96. The van der Waals surface area contributed by atoms with Gasteiger partial charge in [0.1, 0.15) is 7.28 Å². The fourth-order valence-electron chi connectivity index (χ4n) is 2.10. The van der Waals surface area contributed by atoms with E-state index in [-0.39, 0.29) is 10.6 Å². The molecule has 2 heterocycles. The minimum Gasteiger partial charge on any atom is -0.373 e. The van der Waals surface area contributed by atoms with Gasteiger partial charge in [-0.3, -0.25) is 0 Å². The molecular formula is C10H18BO2. The second kappa shape index (κ2) is 2.74. The van der Waals surface area contributed by atoms with Crippen molar-refractivity contribution in [1.82, 2.24) is 0 Å². The lowest BCUT2D eigenvalue weighted by Gasteiger charge is -2.31. The monoisotopic (exact) mass is 181 g/mol. The molecule has 0 aromatic rings. The lowest BCUT2D eigenvalue weighted by molar-refractivity contribution is 0.340. The van der Waals surface area contributed by atoms with Crippen LogP contribution in [0, 0.1) is 0 Å². The zero-order chi connectivity index (χ0) is 9.69. The summed E-state index contributed by atoms with van der Waals surface area (Å²) in [6.45, 7) is 10.8. The molecule has 0 bridgehead atoms. The van der Waals surface area contributed by atoms with Gasteiger partial charge in [-0.1, -0.05) is 27.7 Å². The van der Waals surface area contributed by atoms with Crippen LogP contribution in [0.15, 0.2) is 0 Å². The maximum absolute atomic E-state index is 5.35. The summed E-state index contributed by atoms with van der Waals surface area (Å²) in [6.07, 6.45) is 0.871. The Labute approximate surface area is 81.2 Å². The molecule has 0 amide bonds. The molecule has 13 heavy (non-hydrogen) atoms. The number of rotatable bonds is 4. The van der Waals surface area contributed by atoms with E-state index in [0.717, 1.165) is 13.2 Å². The predicted molar refractivity (Wildman–Crippen MR) is 53.3 cm³/mol. The third-order valence-electron chi connectivity index (χ3n) is 3.07. The highest BCUT2D eigenvalue weighted by Crippen LogP contribution is 2.48. The topological polar surface area (TPSA) is 25.1 Å². The Morgan fingerprint density at radius 2 is 1.23 bits per heavy atom. The van der Waals surface area contributed by atoms with Crippen LogP contribution in [0.4, 0.5) is 0 Å². The third-order valence-corrected chi connectivity index (χ3v) is 3.07. The van der Waals surface area contributed by atoms with Crippen molar-refractivity contribution in [1.29, 1.82) is 0 Å². The highest BCUT2D eigenvalue weighted by atomic mass is 16.6. The summed E-state index contributed by atoms with van der Waals surface area (Å²) in [7, 11) is 2.40. The Balaban J connectivity index is 1.94. The molecule has 2 aliphatic rings. The molecule has 2 nitrogen and oxygen atoms in total. The molecule has 1 radical (unpaired) electrons. The Bertz CT molecular complexity index is 183. The van der Waals surface area contributed by atoms with Gasteiger partial charge >= 0.3 is 0 Å². The molecule has 3 heteroatoms. The number of epoxide rings is 2. The zero-order valence-electron chi connectivity index (χ0n) is 8.96. The van der Waals surface area contributed by atoms with Crippen LogP contribution in [0.2, 0.25) is 10.6 Å². The van der Waals surface area contributed by atoms with Crippen molar-refractivity contribution in [3.05, 3.63) is 0 Å². The van der Waals surface area contributed by atoms with Crippen molar-refractivity contribution in [2.75, 3.05) is 13.2 Å². The van der Waals surface area contributed by atoms with E-state index in [0.29, 0.717) is 12.2 Å². The van der Waals surface area contributed by atoms with E-state index in [1.165, 1.54) is 0 Å². The van der Waals surface area contributed by atoms with E-state index in [4.69, 9.17) is 9.47 Å². The summed E-state index contributed by atoms with van der Waals surface area (Å²) in [6, 6.07) is 0. The molecular weight excluding hydrogens is 163 g/mol. The number of hydrogen-bond donors (Lipinski definition) is 0. The maximum Gasteiger partial charge on any atom is 0.131 e. The minimum atomic E-state index is 0.190. The van der Waals surface area contributed by atoms with E-state index in [1.807, 2.05) is 0 Å². The molecule has 2 rings (SSSR count). The molecule has 0 spiro atoms. The van der Waals surface area contributed by atoms with Gasteiger partial charge in [-0.05, 0) is 10.6 Å². The molecule has 2 saturated heterocycles. The molecule has 2 atom stereocenters. The van der Waals surface area contributed by atoms with Crippen LogP contribution < -0.4 is 0 Å². The van der Waals surface area contributed by atoms with Crippen molar-refractivity contribution in [3.8, 4) is 0 Å². The van der Waals surface area contributed by atoms with Gasteiger partial charge < -0.3 is 9.47 Å². The van der Waals surface area contributed by atoms with Crippen molar-refractivity contribution in [2.45, 2.75) is 50.5 Å². The van der Waals surface area contributed by atoms with Crippen LogP contribution in [0.1, 0.15) is 27.7 Å². The van der Waals surface area contributed by atoms with Crippen molar-refractivity contribution >= 4 is 7.28 Å². The van der Waals surface area contributed by atoms with Crippen LogP contribution in [0.25, 0.3) is 0 Å². The SMILES string of the molecule is CC(C)([B]C(C)(C)C1CO1)C1CO1. The first-order valence-electron chi connectivity index (χ1n) is 5.02. The minimum absolute atomic E-state index is 0.190. The van der Waals surface area contributed by atoms with Crippen LogP contribution >= 0.6 is 0 Å². The van der Waals surface area contributed by atoms with E-state index in [9.17, 15) is 0 Å². The molecule has 0 aromatic carbocycles. The molecule has 2 fully saturated rings. The standard InChI is InChI=1S/C10H18BO2/c1-9(2,7-5-12-7)11-10(3,4)8-6-13-8/h7-8H,5-6H2,1-4H3. The third kappa shape index (κ3) is 2.08. The van der Waals surface area contributed by atoms with Crippen LogP contribution in [0.3, 0.4) is 0 Å². The summed E-state index contributed by atoms with van der Waals surface area (Å²) in [5.41, 5.74) is 0. The molecule has 0 N–H and O–H groups in total. The van der Waals surface area contributed by atoms with Gasteiger partial charge in [0.05, 0.1) is 25.4 Å². The van der Waals surface area contributed by atoms with E-state index in [2.05, 4.69) is 35.0 Å². The van der Waals surface area contributed by atoms with Gasteiger partial charge in [0.15, 0.2) is 0 Å². The van der Waals surface area contributed by atoms with Gasteiger partial charge in [0.2, 0.25) is 0 Å². The van der Waals surface area contributed by atoms with Crippen molar-refractivity contribution < 1.29 is 9.47 Å². The highest BCUT2D eigenvalue weighted by Gasteiger charge is 2.48. The van der Waals surface area contributed by atoms with Gasteiger partial charge in [-0.15, -0.1) is 0 Å². The summed E-state index contributed by atoms with van der Waals surface area (Å²) >= 11 is 0.